The van der Waals surface area contributed by atoms with Crippen molar-refractivity contribution in [1.29, 1.82) is 0 Å². The first-order chi connectivity index (χ1) is 31.7. The maximum atomic E-state index is 12.0. The minimum atomic E-state index is -0.590. The van der Waals surface area contributed by atoms with Crippen LogP contribution in [0.25, 0.3) is 0 Å². The number of hydrogen-bond donors (Lipinski definition) is 2. The van der Waals surface area contributed by atoms with Crippen LogP contribution in [0.15, 0.2) is 132 Å². The summed E-state index contributed by atoms with van der Waals surface area (Å²) in [7, 11) is 0. The maximum absolute atomic E-state index is 12.0. The molecule has 0 aliphatic heterocycles. The number of hydrogen-bond acceptors (Lipinski definition) is 17. The Morgan fingerprint density at radius 3 is 1.25 bits per heavy atom. The Balaban J connectivity index is 0.000000251. The van der Waals surface area contributed by atoms with Crippen molar-refractivity contribution in [3.8, 4) is 28.7 Å². The van der Waals surface area contributed by atoms with Crippen molar-refractivity contribution < 1.29 is 53.0 Å². The smallest absolute Gasteiger partial charge is 0.363 e. The molecule has 19 nitrogen and oxygen atoms in total. The zero-order chi connectivity index (χ0) is 50.8. The third-order valence-corrected chi connectivity index (χ3v) is 7.92. The van der Waals surface area contributed by atoms with Crippen LogP contribution in [-0.4, -0.2) is 64.6 Å². The molecular weight excluding hydrogens is 948 g/mol. The summed E-state index contributed by atoms with van der Waals surface area (Å²) in [6.07, 6.45) is 4.16. The molecule has 3 N–H and O–H groups in total. The highest BCUT2D eigenvalue weighted by molar-refractivity contribution is 9.10. The van der Waals surface area contributed by atoms with Gasteiger partial charge in [0.1, 0.15) is 45.6 Å². The molecule has 0 radical (unpaired) electrons. The molecule has 0 fully saturated rings. The highest BCUT2D eigenvalue weighted by atomic mass is 79.9. The molecule has 0 aliphatic rings. The Kier molecular flexibility index (Phi) is 19.6. The Hall–Kier alpha value is -8.00. The number of ether oxygens (including phenoxy) is 5. The number of phenolic OH excluding ortho intramolecular Hbond substituents is 1. The van der Waals surface area contributed by atoms with E-state index in [1.165, 1.54) is 55.0 Å². The number of nitrogens with zero attached hydrogens (tertiary/aromatic N) is 5. The fourth-order valence-corrected chi connectivity index (χ4v) is 4.99. The van der Waals surface area contributed by atoms with E-state index < -0.39 is 38.6 Å². The average Bonchev–Trinajstić information content (AvgIpc) is 3.24. The first-order valence-electron chi connectivity index (χ1n) is 20.3. The molecule has 0 saturated heterocycles. The molecule has 68 heavy (non-hydrogen) atoms. The predicted molar refractivity (Wildman–Crippen MR) is 255 cm³/mol. The summed E-state index contributed by atoms with van der Waals surface area (Å²) in [6, 6.07) is 28.3. The molecule has 3 aromatic heterocycles. The van der Waals surface area contributed by atoms with E-state index in [9.17, 15) is 34.6 Å². The Labute approximate surface area is 400 Å². The summed E-state index contributed by atoms with van der Waals surface area (Å²) in [4.78, 5) is 66.1. The molecule has 3 heterocycles. The van der Waals surface area contributed by atoms with E-state index in [0.29, 0.717) is 45.5 Å². The lowest BCUT2D eigenvalue weighted by molar-refractivity contribution is -0.389. The lowest BCUT2D eigenvalue weighted by atomic mass is 10.1. The maximum Gasteiger partial charge on any atom is 0.363 e. The topological polar surface area (TPSA) is 269 Å². The average molecular weight is 1000 g/mol. The monoisotopic (exact) mass is 998 g/mol. The number of nitrogen functional groups attached to an aromatic ring is 1. The van der Waals surface area contributed by atoms with Gasteiger partial charge in [0.15, 0.2) is 18.1 Å². The molecule has 0 atom stereocenters. The third kappa shape index (κ3) is 20.9. The van der Waals surface area contributed by atoms with E-state index in [-0.39, 0.29) is 23.4 Å². The normalized spacial score (nSPS) is 10.7. The van der Waals surface area contributed by atoms with Gasteiger partial charge in [0, 0.05) is 12.1 Å². The van der Waals surface area contributed by atoms with Crippen LogP contribution in [0.1, 0.15) is 93.4 Å². The van der Waals surface area contributed by atoms with Gasteiger partial charge in [-0.15, -0.1) is 0 Å². The van der Waals surface area contributed by atoms with Gasteiger partial charge in [0.05, 0.1) is 27.4 Å². The van der Waals surface area contributed by atoms with Crippen LogP contribution in [-0.2, 0) is 14.2 Å². The number of anilines is 1. The molecule has 0 unspecified atom stereocenters. The lowest BCUT2D eigenvalue weighted by Gasteiger charge is -2.19. The van der Waals surface area contributed by atoms with Crippen molar-refractivity contribution in [1.82, 2.24) is 15.0 Å². The largest absolute Gasteiger partial charge is 0.508 e. The molecule has 0 bridgehead atoms. The van der Waals surface area contributed by atoms with Crippen molar-refractivity contribution in [2.24, 2.45) is 0 Å². The van der Waals surface area contributed by atoms with Gasteiger partial charge in [-0.1, -0.05) is 18.2 Å². The molecule has 6 rings (SSSR count). The Morgan fingerprint density at radius 1 is 0.529 bits per heavy atom. The second kappa shape index (κ2) is 24.5. The van der Waals surface area contributed by atoms with Crippen LogP contribution >= 0.6 is 15.9 Å². The van der Waals surface area contributed by atoms with Gasteiger partial charge in [0.2, 0.25) is 0 Å². The standard InChI is InChI=1S/C16H16N2O5.C16H18N2O3.C11H14O3.C5H3BrN2O2/c1-16(2,3)23-15(19)11-5-4-6-12(9-11)22-13-7-8-14(17-10-13)18(20)21;1-16(2,3)21-15(19)11-5-4-6-12(9-11)20-13-7-8-14(17)18-10-13;1-11(2,3)14-10(13)8-5-4-6-9(12)7-8;6-4-1-2-5(7-3-4)8(9)10/h4-10H,1-3H3;4-10H,1-3H3,(H2,17,18);4-7,12H,1-3H3;1-3H. The van der Waals surface area contributed by atoms with E-state index in [1.54, 1.807) is 114 Å². The number of rotatable bonds is 9. The van der Waals surface area contributed by atoms with Gasteiger partial charge in [0.25, 0.3) is 0 Å². The molecule has 3 aromatic carbocycles. The van der Waals surface area contributed by atoms with Crippen LogP contribution in [0.4, 0.5) is 17.5 Å². The molecule has 0 spiro atoms. The summed E-state index contributed by atoms with van der Waals surface area (Å²) in [5.41, 5.74) is 5.03. The summed E-state index contributed by atoms with van der Waals surface area (Å²) >= 11 is 3.11. The van der Waals surface area contributed by atoms with E-state index in [0.717, 1.165) is 4.47 Å². The van der Waals surface area contributed by atoms with Crippen LogP contribution < -0.4 is 15.2 Å². The van der Waals surface area contributed by atoms with Crippen LogP contribution in [0.2, 0.25) is 0 Å². The number of benzene rings is 3. The van der Waals surface area contributed by atoms with E-state index in [2.05, 4.69) is 30.9 Å². The zero-order valence-corrected chi connectivity index (χ0v) is 40.2. The predicted octanol–water partition coefficient (Wildman–Crippen LogP) is 11.2. The van der Waals surface area contributed by atoms with Crippen molar-refractivity contribution in [2.45, 2.75) is 79.1 Å². The molecule has 358 valence electrons. The van der Waals surface area contributed by atoms with Crippen LogP contribution in [0.3, 0.4) is 0 Å². The first-order valence-corrected chi connectivity index (χ1v) is 21.1. The highest BCUT2D eigenvalue weighted by Gasteiger charge is 2.20. The molecule has 0 saturated carbocycles. The Bertz CT molecular complexity index is 2640. The second-order valence-electron chi connectivity index (χ2n) is 16.9. The summed E-state index contributed by atoms with van der Waals surface area (Å²) in [5, 5.41) is 29.7. The third-order valence-electron chi connectivity index (χ3n) is 7.46. The highest BCUT2D eigenvalue weighted by Crippen LogP contribution is 2.26. The van der Waals surface area contributed by atoms with Crippen molar-refractivity contribution >= 4 is 51.3 Å². The Morgan fingerprint density at radius 2 is 0.912 bits per heavy atom. The number of carbonyl (C=O) groups is 3. The van der Waals surface area contributed by atoms with Crippen LogP contribution in [0, 0.1) is 20.2 Å². The number of nitrogens with two attached hydrogens (primary N) is 1. The minimum Gasteiger partial charge on any atom is -0.508 e. The summed E-state index contributed by atoms with van der Waals surface area (Å²) < 4.78 is 27.6. The van der Waals surface area contributed by atoms with Gasteiger partial charge in [-0.25, -0.2) is 19.4 Å². The fraction of sp³-hybridized carbons (Fsp3) is 0.250. The van der Waals surface area contributed by atoms with Gasteiger partial charge in [-0.2, -0.15) is 0 Å². The number of pyridine rings is 3. The summed E-state index contributed by atoms with van der Waals surface area (Å²) in [6.45, 7) is 16.2. The van der Waals surface area contributed by atoms with E-state index in [4.69, 9.17) is 34.5 Å². The van der Waals surface area contributed by atoms with Gasteiger partial charge in [-0.3, -0.25) is 0 Å². The number of carbonyl (C=O) groups excluding carboxylic acids is 3. The minimum absolute atomic E-state index is 0.0633. The first kappa shape index (κ1) is 54.3. The quantitative estimate of drug-likeness (QED) is 0.0590. The summed E-state index contributed by atoms with van der Waals surface area (Å²) in [5.74, 6) is 0.638. The number of aromatic hydroxyl groups is 1. The SMILES string of the molecule is CC(C)(C)OC(=O)c1cccc(O)c1.CC(C)(C)OC(=O)c1cccc(Oc2ccc(N)nc2)c1.CC(C)(C)OC(=O)c1cccc(Oc2ccc([N+](=O)[O-])nc2)c1.O=[N+]([O-])c1ccc(Br)cn1. The number of aromatic nitrogens is 3. The van der Waals surface area contributed by atoms with Crippen molar-refractivity contribution in [3.05, 3.63) is 169 Å². The zero-order valence-electron chi connectivity index (χ0n) is 38.7. The van der Waals surface area contributed by atoms with Gasteiger partial charge >= 0.3 is 29.5 Å². The van der Waals surface area contributed by atoms with Gasteiger partial charge in [-0.05, 0) is 177 Å². The van der Waals surface area contributed by atoms with Crippen LogP contribution in [0.5, 0.6) is 28.7 Å². The number of esters is 3. The molecule has 6 aromatic rings. The lowest BCUT2D eigenvalue weighted by Crippen LogP contribution is -2.23. The molecule has 0 aliphatic carbocycles. The molecule has 20 heteroatoms. The number of halogens is 1. The number of nitro groups is 2. The van der Waals surface area contributed by atoms with Crippen molar-refractivity contribution in [2.75, 3.05) is 5.73 Å². The van der Waals surface area contributed by atoms with E-state index >= 15 is 0 Å². The number of phenols is 1. The van der Waals surface area contributed by atoms with Gasteiger partial charge < -0.3 is 54.8 Å². The van der Waals surface area contributed by atoms with Crippen molar-refractivity contribution in [3.63, 3.8) is 0 Å². The second-order valence-corrected chi connectivity index (χ2v) is 17.9. The fourth-order valence-electron chi connectivity index (χ4n) is 4.76. The molecule has 0 amide bonds. The molecular formula is C48H51BrN6O13. The van der Waals surface area contributed by atoms with E-state index in [1.807, 2.05) is 20.8 Å².